The molecule has 1 aromatic heterocycles. The smallest absolute Gasteiger partial charge is 0.254 e. The average molecular weight is 284 g/mol. The molecule has 2 heterocycles. The summed E-state index contributed by atoms with van der Waals surface area (Å²) >= 11 is 0. The number of amides is 2. The van der Waals surface area contributed by atoms with Crippen LogP contribution in [0.15, 0.2) is 36.7 Å². The molecule has 2 amide bonds. The van der Waals surface area contributed by atoms with Crippen LogP contribution in [0.1, 0.15) is 28.3 Å². The van der Waals surface area contributed by atoms with Crippen molar-refractivity contribution in [2.75, 3.05) is 18.5 Å². The maximum absolute atomic E-state index is 12.0. The van der Waals surface area contributed by atoms with Gasteiger partial charge in [0, 0.05) is 37.8 Å². The van der Waals surface area contributed by atoms with Crippen LogP contribution in [0, 0.1) is 0 Å². The minimum absolute atomic E-state index is 0.000695. The van der Waals surface area contributed by atoms with E-state index in [1.54, 1.807) is 18.1 Å². The van der Waals surface area contributed by atoms with Crippen LogP contribution in [0.2, 0.25) is 0 Å². The van der Waals surface area contributed by atoms with Crippen LogP contribution >= 0.6 is 0 Å². The van der Waals surface area contributed by atoms with Gasteiger partial charge in [-0.2, -0.15) is 5.10 Å². The zero-order valence-electron chi connectivity index (χ0n) is 11.7. The number of hydrogen-bond donors (Lipinski definition) is 2. The molecule has 1 atom stereocenters. The Morgan fingerprint density at radius 3 is 3.05 bits per heavy atom. The molecule has 1 aromatic carbocycles. The summed E-state index contributed by atoms with van der Waals surface area (Å²) in [6.45, 7) is 0.431. The Kier molecular flexibility index (Phi) is 3.43. The third kappa shape index (κ3) is 2.52. The van der Waals surface area contributed by atoms with Gasteiger partial charge in [0.25, 0.3) is 5.91 Å². The lowest BCUT2D eigenvalue weighted by molar-refractivity contribution is -0.119. The van der Waals surface area contributed by atoms with E-state index in [2.05, 4.69) is 15.5 Å². The van der Waals surface area contributed by atoms with Crippen molar-refractivity contribution in [1.29, 1.82) is 0 Å². The second-order valence-corrected chi connectivity index (χ2v) is 5.11. The number of rotatable bonds is 3. The lowest BCUT2D eigenvalue weighted by Gasteiger charge is -2.31. The maximum Gasteiger partial charge on any atom is 0.254 e. The molecule has 21 heavy (non-hydrogen) atoms. The summed E-state index contributed by atoms with van der Waals surface area (Å²) in [4.78, 5) is 25.6. The Labute approximate surface area is 122 Å². The first kappa shape index (κ1) is 13.4. The van der Waals surface area contributed by atoms with Gasteiger partial charge in [0.2, 0.25) is 5.91 Å². The predicted molar refractivity (Wildman–Crippen MR) is 78.1 cm³/mol. The lowest BCUT2D eigenvalue weighted by Crippen LogP contribution is -2.37. The van der Waals surface area contributed by atoms with Crippen molar-refractivity contribution in [3.63, 3.8) is 0 Å². The molecule has 1 aliphatic rings. The van der Waals surface area contributed by atoms with Crippen molar-refractivity contribution in [2.45, 2.75) is 12.3 Å². The minimum atomic E-state index is -0.187. The van der Waals surface area contributed by atoms with Crippen LogP contribution in [-0.2, 0) is 4.79 Å². The van der Waals surface area contributed by atoms with Crippen LogP contribution in [0.25, 0.3) is 0 Å². The number of fused-ring (bicyclic) bond motifs is 1. The number of carbonyl (C=O) groups excluding carboxylic acids is 2. The van der Waals surface area contributed by atoms with Crippen LogP contribution in [-0.4, -0.2) is 35.6 Å². The van der Waals surface area contributed by atoms with Crippen molar-refractivity contribution in [3.8, 4) is 0 Å². The first-order valence-electron chi connectivity index (χ1n) is 6.79. The highest BCUT2D eigenvalue weighted by molar-refractivity contribution is 5.97. The molecular weight excluding hydrogens is 268 g/mol. The van der Waals surface area contributed by atoms with Gasteiger partial charge in [0.15, 0.2) is 0 Å². The number of H-pyrrole nitrogens is 1. The summed E-state index contributed by atoms with van der Waals surface area (Å²) in [6, 6.07) is 7.80. The molecule has 1 aliphatic heterocycles. The van der Waals surface area contributed by atoms with E-state index in [4.69, 9.17) is 0 Å². The van der Waals surface area contributed by atoms with E-state index in [-0.39, 0.29) is 17.7 Å². The molecule has 108 valence electrons. The van der Waals surface area contributed by atoms with Crippen LogP contribution < -0.4 is 10.2 Å². The topological polar surface area (TPSA) is 78.1 Å². The monoisotopic (exact) mass is 284 g/mol. The third-order valence-corrected chi connectivity index (χ3v) is 3.80. The SMILES string of the molecule is CN1C(=O)CC(CNC(=O)c2cn[nH]c2)c2ccccc21. The van der Waals surface area contributed by atoms with Crippen molar-refractivity contribution >= 4 is 17.5 Å². The van der Waals surface area contributed by atoms with Gasteiger partial charge in [0.05, 0.1) is 11.8 Å². The fourth-order valence-corrected chi connectivity index (χ4v) is 2.61. The molecule has 0 aliphatic carbocycles. The van der Waals surface area contributed by atoms with Crippen molar-refractivity contribution < 1.29 is 9.59 Å². The summed E-state index contributed by atoms with van der Waals surface area (Å²) in [5.74, 6) is -0.121. The lowest BCUT2D eigenvalue weighted by atomic mass is 9.89. The van der Waals surface area contributed by atoms with Gasteiger partial charge < -0.3 is 10.2 Å². The van der Waals surface area contributed by atoms with Crippen molar-refractivity contribution in [3.05, 3.63) is 47.8 Å². The molecule has 1 unspecified atom stereocenters. The molecule has 0 saturated heterocycles. The number of hydrogen-bond acceptors (Lipinski definition) is 3. The number of para-hydroxylation sites is 1. The summed E-state index contributed by atoms with van der Waals surface area (Å²) in [6.07, 6.45) is 3.42. The first-order chi connectivity index (χ1) is 10.2. The Balaban J connectivity index is 1.75. The molecule has 6 heteroatoms. The number of aromatic nitrogens is 2. The fraction of sp³-hybridized carbons (Fsp3) is 0.267. The van der Waals surface area contributed by atoms with Crippen molar-refractivity contribution in [1.82, 2.24) is 15.5 Å². The molecule has 0 radical (unpaired) electrons. The Morgan fingerprint density at radius 2 is 2.29 bits per heavy atom. The van der Waals surface area contributed by atoms with Crippen LogP contribution in [0.4, 0.5) is 5.69 Å². The van der Waals surface area contributed by atoms with E-state index >= 15 is 0 Å². The third-order valence-electron chi connectivity index (χ3n) is 3.80. The summed E-state index contributed by atoms with van der Waals surface area (Å²) in [5.41, 5.74) is 2.49. The van der Waals surface area contributed by atoms with E-state index in [0.29, 0.717) is 18.5 Å². The van der Waals surface area contributed by atoms with Gasteiger partial charge >= 0.3 is 0 Å². The Bertz CT molecular complexity index is 666. The maximum atomic E-state index is 12.0. The first-order valence-corrected chi connectivity index (χ1v) is 6.79. The molecular formula is C15H16N4O2. The van der Waals surface area contributed by atoms with Gasteiger partial charge in [-0.1, -0.05) is 18.2 Å². The number of anilines is 1. The van der Waals surface area contributed by atoms with E-state index in [1.807, 2.05) is 24.3 Å². The van der Waals surface area contributed by atoms with E-state index in [0.717, 1.165) is 11.3 Å². The Morgan fingerprint density at radius 1 is 1.48 bits per heavy atom. The van der Waals surface area contributed by atoms with Crippen LogP contribution in [0.3, 0.4) is 0 Å². The van der Waals surface area contributed by atoms with Gasteiger partial charge in [-0.25, -0.2) is 0 Å². The standard InChI is InChI=1S/C15H16N4O2/c1-19-13-5-3-2-4-12(13)10(6-14(19)20)7-16-15(21)11-8-17-18-9-11/h2-5,8-10H,6-7H2,1H3,(H,16,21)(H,17,18). The largest absolute Gasteiger partial charge is 0.351 e. The molecule has 2 N–H and O–H groups in total. The second kappa shape index (κ2) is 5.40. The molecule has 3 rings (SSSR count). The molecule has 0 spiro atoms. The average Bonchev–Trinajstić information content (AvgIpc) is 3.03. The highest BCUT2D eigenvalue weighted by Gasteiger charge is 2.29. The van der Waals surface area contributed by atoms with Gasteiger partial charge in [-0.05, 0) is 11.6 Å². The summed E-state index contributed by atoms with van der Waals surface area (Å²) in [5, 5.41) is 9.22. The molecule has 2 aromatic rings. The van der Waals surface area contributed by atoms with Crippen LogP contribution in [0.5, 0.6) is 0 Å². The number of carbonyl (C=O) groups is 2. The quantitative estimate of drug-likeness (QED) is 0.891. The Hall–Kier alpha value is -2.63. The van der Waals surface area contributed by atoms with Gasteiger partial charge in [-0.15, -0.1) is 0 Å². The van der Waals surface area contributed by atoms with E-state index in [9.17, 15) is 9.59 Å². The van der Waals surface area contributed by atoms with Gasteiger partial charge in [-0.3, -0.25) is 14.7 Å². The number of nitrogens with zero attached hydrogens (tertiary/aromatic N) is 2. The molecule has 0 bridgehead atoms. The number of aromatic amines is 1. The van der Waals surface area contributed by atoms with E-state index in [1.165, 1.54) is 6.20 Å². The summed E-state index contributed by atoms with van der Waals surface area (Å²) < 4.78 is 0. The molecule has 0 fully saturated rings. The zero-order chi connectivity index (χ0) is 14.8. The highest BCUT2D eigenvalue weighted by Crippen LogP contribution is 2.34. The normalized spacial score (nSPS) is 17.5. The zero-order valence-corrected chi connectivity index (χ0v) is 11.7. The minimum Gasteiger partial charge on any atom is -0.351 e. The van der Waals surface area contributed by atoms with Gasteiger partial charge in [0.1, 0.15) is 0 Å². The molecule has 0 saturated carbocycles. The number of nitrogens with one attached hydrogen (secondary N) is 2. The second-order valence-electron chi connectivity index (χ2n) is 5.11. The number of benzene rings is 1. The fourth-order valence-electron chi connectivity index (χ4n) is 2.61. The van der Waals surface area contributed by atoms with Crippen molar-refractivity contribution in [2.24, 2.45) is 0 Å². The highest BCUT2D eigenvalue weighted by atomic mass is 16.2. The predicted octanol–water partition coefficient (Wildman–Crippen LogP) is 1.29. The summed E-state index contributed by atoms with van der Waals surface area (Å²) in [7, 11) is 1.78. The molecule has 6 nitrogen and oxygen atoms in total. The van der Waals surface area contributed by atoms with E-state index < -0.39 is 0 Å².